The Hall–Kier alpha value is -2.21. The fraction of sp³-hybridized carbons (Fsp3) is 0.438. The van der Waals surface area contributed by atoms with Crippen LogP contribution >= 0.6 is 0 Å². The first-order valence-corrected chi connectivity index (χ1v) is 7.47. The molecule has 2 atom stereocenters. The molecular weight excluding hydrogens is 280 g/mol. The summed E-state index contributed by atoms with van der Waals surface area (Å²) in [7, 11) is 1.78. The van der Waals surface area contributed by atoms with E-state index < -0.39 is 0 Å². The Labute approximate surface area is 130 Å². The molecule has 2 unspecified atom stereocenters. The molecule has 1 aliphatic rings. The number of likely N-dealkylation sites (tertiary alicyclic amines) is 1. The zero-order valence-electron chi connectivity index (χ0n) is 12.7. The molecule has 2 amide bonds. The fourth-order valence-corrected chi connectivity index (χ4v) is 2.91. The van der Waals surface area contributed by atoms with Crippen LogP contribution in [0, 0.1) is 5.41 Å². The fourth-order valence-electron chi connectivity index (χ4n) is 2.91. The summed E-state index contributed by atoms with van der Waals surface area (Å²) in [5, 5.41) is 13.2. The van der Waals surface area contributed by atoms with Crippen molar-refractivity contribution in [2.75, 3.05) is 13.6 Å². The van der Waals surface area contributed by atoms with Gasteiger partial charge in [0, 0.05) is 0 Å². The highest BCUT2D eigenvalue weighted by molar-refractivity contribution is 5.93. The van der Waals surface area contributed by atoms with Crippen molar-refractivity contribution in [3.63, 3.8) is 0 Å². The molecule has 1 aliphatic heterocycles. The third kappa shape index (κ3) is 3.71. The molecule has 3 N–H and O–H groups in total. The number of likely N-dealkylation sites (N-methyl/N-ethyl adjacent to an activating group) is 1. The highest BCUT2D eigenvalue weighted by Gasteiger charge is 2.33. The lowest BCUT2D eigenvalue weighted by atomic mass is 10.0. The van der Waals surface area contributed by atoms with E-state index in [4.69, 9.17) is 5.41 Å². The zero-order valence-corrected chi connectivity index (χ0v) is 12.7. The zero-order chi connectivity index (χ0) is 15.9. The second kappa shape index (κ2) is 7.70. The second-order valence-electron chi connectivity index (χ2n) is 5.41. The largest absolute Gasteiger partial charge is 0.327 e. The molecule has 1 saturated heterocycles. The van der Waals surface area contributed by atoms with Crippen LogP contribution in [0.25, 0.3) is 0 Å². The maximum absolute atomic E-state index is 12.8. The Morgan fingerprint density at radius 2 is 2.09 bits per heavy atom. The SMILES string of the molecule is CNC1CCCC(c2ccccc2)N(CC(=N)NC=O)C1=O. The van der Waals surface area contributed by atoms with Crippen LogP contribution in [0.1, 0.15) is 30.9 Å². The molecule has 0 radical (unpaired) electrons. The van der Waals surface area contributed by atoms with E-state index in [9.17, 15) is 9.59 Å². The van der Waals surface area contributed by atoms with Crippen molar-refractivity contribution in [3.05, 3.63) is 35.9 Å². The van der Waals surface area contributed by atoms with E-state index in [-0.39, 0.29) is 30.4 Å². The number of hydrogen-bond donors (Lipinski definition) is 3. The van der Waals surface area contributed by atoms with Gasteiger partial charge in [0.05, 0.1) is 18.6 Å². The van der Waals surface area contributed by atoms with Gasteiger partial charge in [-0.05, 0) is 31.9 Å². The summed E-state index contributed by atoms with van der Waals surface area (Å²) in [5.41, 5.74) is 1.06. The second-order valence-corrected chi connectivity index (χ2v) is 5.41. The van der Waals surface area contributed by atoms with Crippen LogP contribution in [0.4, 0.5) is 0 Å². The van der Waals surface area contributed by atoms with Crippen molar-refractivity contribution in [1.82, 2.24) is 15.5 Å². The minimum absolute atomic E-state index is 0.0219. The van der Waals surface area contributed by atoms with Crippen LogP contribution < -0.4 is 10.6 Å². The van der Waals surface area contributed by atoms with Gasteiger partial charge in [0.15, 0.2) is 0 Å². The Balaban J connectivity index is 2.29. The highest BCUT2D eigenvalue weighted by atomic mass is 16.2. The first kappa shape index (κ1) is 16.2. The number of carbonyl (C=O) groups excluding carboxylic acids is 2. The third-order valence-corrected chi connectivity index (χ3v) is 4.02. The molecule has 1 aromatic rings. The monoisotopic (exact) mass is 302 g/mol. The number of carbonyl (C=O) groups is 2. The number of hydrogen-bond acceptors (Lipinski definition) is 4. The molecule has 6 heteroatoms. The van der Waals surface area contributed by atoms with Crippen molar-refractivity contribution >= 4 is 18.2 Å². The first-order valence-electron chi connectivity index (χ1n) is 7.47. The minimum atomic E-state index is -0.238. The maximum atomic E-state index is 12.8. The lowest BCUT2D eigenvalue weighted by Crippen LogP contribution is -2.48. The number of nitrogens with one attached hydrogen (secondary N) is 3. The smallest absolute Gasteiger partial charge is 0.240 e. The number of benzene rings is 1. The van der Waals surface area contributed by atoms with Gasteiger partial charge in [0.1, 0.15) is 5.84 Å². The Morgan fingerprint density at radius 3 is 2.73 bits per heavy atom. The Morgan fingerprint density at radius 1 is 1.36 bits per heavy atom. The van der Waals surface area contributed by atoms with E-state index in [1.165, 1.54) is 0 Å². The molecule has 0 bridgehead atoms. The lowest BCUT2D eigenvalue weighted by molar-refractivity contribution is -0.134. The molecule has 0 aliphatic carbocycles. The first-order chi connectivity index (χ1) is 10.7. The van der Waals surface area contributed by atoms with Crippen LogP contribution in [0.15, 0.2) is 30.3 Å². The maximum Gasteiger partial charge on any atom is 0.240 e. The van der Waals surface area contributed by atoms with E-state index >= 15 is 0 Å². The average Bonchev–Trinajstić information content (AvgIpc) is 2.68. The molecule has 1 aromatic carbocycles. The summed E-state index contributed by atoms with van der Waals surface area (Å²) >= 11 is 0. The van der Waals surface area contributed by atoms with E-state index in [0.29, 0.717) is 6.41 Å². The van der Waals surface area contributed by atoms with Crippen molar-refractivity contribution < 1.29 is 9.59 Å². The summed E-state index contributed by atoms with van der Waals surface area (Å²) < 4.78 is 0. The predicted octanol–water partition coefficient (Wildman–Crippen LogP) is 1.05. The molecule has 0 spiro atoms. The highest BCUT2D eigenvalue weighted by Crippen LogP contribution is 2.30. The molecule has 1 fully saturated rings. The summed E-state index contributed by atoms with van der Waals surface area (Å²) in [6, 6.07) is 9.54. The lowest BCUT2D eigenvalue weighted by Gasteiger charge is -2.32. The van der Waals surface area contributed by atoms with E-state index in [1.807, 2.05) is 30.3 Å². The number of rotatable bonds is 5. The number of amidine groups is 1. The van der Waals surface area contributed by atoms with Crippen LogP contribution in [0.3, 0.4) is 0 Å². The molecule has 2 rings (SSSR count). The average molecular weight is 302 g/mol. The van der Waals surface area contributed by atoms with Gasteiger partial charge < -0.3 is 15.5 Å². The molecule has 0 saturated carbocycles. The topological polar surface area (TPSA) is 85.3 Å². The van der Waals surface area contributed by atoms with Crippen molar-refractivity contribution in [3.8, 4) is 0 Å². The standard InChI is InChI=1S/C16H22N4O2/c1-18-13-8-5-9-14(12-6-3-2-4-7-12)20(16(13)22)10-15(17)19-11-21/h2-4,6-7,11,13-14,18H,5,8-10H2,1H3,(H2,17,19,21). The van der Waals surface area contributed by atoms with Crippen molar-refractivity contribution in [2.24, 2.45) is 0 Å². The van der Waals surface area contributed by atoms with Gasteiger partial charge in [0.25, 0.3) is 0 Å². The van der Waals surface area contributed by atoms with Gasteiger partial charge in [-0.15, -0.1) is 0 Å². The molecular formula is C16H22N4O2. The summed E-state index contributed by atoms with van der Waals surface area (Å²) in [6.07, 6.45) is 3.03. The summed E-state index contributed by atoms with van der Waals surface area (Å²) in [6.45, 7) is 0.106. The van der Waals surface area contributed by atoms with Gasteiger partial charge >= 0.3 is 0 Å². The molecule has 118 valence electrons. The van der Waals surface area contributed by atoms with Gasteiger partial charge in [-0.25, -0.2) is 0 Å². The van der Waals surface area contributed by atoms with Gasteiger partial charge in [-0.1, -0.05) is 30.3 Å². The molecule has 1 heterocycles. The predicted molar refractivity (Wildman–Crippen MR) is 84.5 cm³/mol. The Bertz CT molecular complexity index is 532. The minimum Gasteiger partial charge on any atom is -0.327 e. The van der Waals surface area contributed by atoms with Crippen LogP contribution in [0.5, 0.6) is 0 Å². The normalized spacial score (nSPS) is 22.0. The van der Waals surface area contributed by atoms with E-state index in [2.05, 4.69) is 10.6 Å². The van der Waals surface area contributed by atoms with E-state index in [1.54, 1.807) is 11.9 Å². The van der Waals surface area contributed by atoms with E-state index in [0.717, 1.165) is 24.8 Å². The molecule has 6 nitrogen and oxygen atoms in total. The van der Waals surface area contributed by atoms with Crippen LogP contribution in [-0.2, 0) is 9.59 Å². The van der Waals surface area contributed by atoms with Gasteiger partial charge in [0.2, 0.25) is 12.3 Å². The Kier molecular flexibility index (Phi) is 5.66. The number of nitrogens with zero attached hydrogens (tertiary/aromatic N) is 1. The summed E-state index contributed by atoms with van der Waals surface area (Å²) in [4.78, 5) is 25.0. The quantitative estimate of drug-likeness (QED) is 0.432. The van der Waals surface area contributed by atoms with Crippen LogP contribution in [0.2, 0.25) is 0 Å². The van der Waals surface area contributed by atoms with Crippen molar-refractivity contribution in [2.45, 2.75) is 31.3 Å². The molecule has 0 aromatic heterocycles. The number of amides is 2. The third-order valence-electron chi connectivity index (χ3n) is 4.02. The van der Waals surface area contributed by atoms with Crippen molar-refractivity contribution in [1.29, 1.82) is 5.41 Å². The molecule has 22 heavy (non-hydrogen) atoms. The van der Waals surface area contributed by atoms with Gasteiger partial charge in [-0.3, -0.25) is 15.0 Å². The van der Waals surface area contributed by atoms with Gasteiger partial charge in [-0.2, -0.15) is 0 Å². The summed E-state index contributed by atoms with van der Waals surface area (Å²) in [5.74, 6) is 0.00679. The van der Waals surface area contributed by atoms with Crippen LogP contribution in [-0.4, -0.2) is 42.7 Å².